The van der Waals surface area contributed by atoms with E-state index in [0.29, 0.717) is 18.1 Å². The van der Waals surface area contributed by atoms with Crippen LogP contribution in [-0.4, -0.2) is 55.7 Å². The normalized spacial score (nSPS) is 12.1. The van der Waals surface area contributed by atoms with Crippen molar-refractivity contribution in [3.05, 3.63) is 59.7 Å². The summed E-state index contributed by atoms with van der Waals surface area (Å²) < 4.78 is 10.4. The molecule has 1 aliphatic heterocycles. The van der Waals surface area contributed by atoms with Gasteiger partial charge in [-0.3, -0.25) is 9.59 Å². The van der Waals surface area contributed by atoms with E-state index in [-0.39, 0.29) is 5.91 Å². The molecule has 0 unspecified atom stereocenters. The number of carbonyl (C=O) groups is 2. The monoisotopic (exact) mass is 506 g/mol. The SMILES string of the molecule is CNCc1ccccc1OC.COc1ccccc1CN(C)C(=O)CCCS.O=C1CCCS1. The van der Waals surface area contributed by atoms with Gasteiger partial charge >= 0.3 is 0 Å². The van der Waals surface area contributed by atoms with E-state index < -0.39 is 0 Å². The van der Waals surface area contributed by atoms with E-state index in [9.17, 15) is 9.59 Å². The molecule has 8 heteroatoms. The van der Waals surface area contributed by atoms with E-state index in [1.165, 1.54) is 17.3 Å². The lowest BCUT2D eigenvalue weighted by molar-refractivity contribution is -0.130. The molecule has 1 fully saturated rings. The van der Waals surface area contributed by atoms with E-state index in [4.69, 9.17) is 9.47 Å². The van der Waals surface area contributed by atoms with Crippen LogP contribution in [0.25, 0.3) is 0 Å². The maximum absolute atomic E-state index is 11.8. The summed E-state index contributed by atoms with van der Waals surface area (Å²) in [5, 5.41) is 3.45. The largest absolute Gasteiger partial charge is 0.496 e. The first-order chi connectivity index (χ1) is 16.5. The number of hydrogen-bond donors (Lipinski definition) is 2. The van der Waals surface area contributed by atoms with Crippen LogP contribution in [0.5, 0.6) is 11.5 Å². The fraction of sp³-hybridized carbons (Fsp3) is 0.462. The van der Waals surface area contributed by atoms with Crippen molar-refractivity contribution < 1.29 is 19.1 Å². The number of para-hydroxylation sites is 2. The van der Waals surface area contributed by atoms with Crippen LogP contribution in [-0.2, 0) is 22.7 Å². The van der Waals surface area contributed by atoms with Gasteiger partial charge in [-0.05, 0) is 37.8 Å². The number of nitrogens with one attached hydrogen (secondary N) is 1. The highest BCUT2D eigenvalue weighted by Gasteiger charge is 2.11. The van der Waals surface area contributed by atoms with Gasteiger partial charge in [0.1, 0.15) is 11.5 Å². The first-order valence-electron chi connectivity index (χ1n) is 11.4. The number of rotatable bonds is 9. The number of nitrogens with zero attached hydrogens (tertiary/aromatic N) is 1. The summed E-state index contributed by atoms with van der Waals surface area (Å²) in [5.41, 5.74) is 2.22. The highest BCUT2D eigenvalue weighted by atomic mass is 32.2. The predicted octanol–water partition coefficient (Wildman–Crippen LogP) is 4.82. The zero-order valence-electron chi connectivity index (χ0n) is 20.7. The summed E-state index contributed by atoms with van der Waals surface area (Å²) in [6.07, 6.45) is 3.28. The summed E-state index contributed by atoms with van der Waals surface area (Å²) in [5.74, 6) is 3.71. The minimum atomic E-state index is 0.143. The zero-order chi connectivity index (χ0) is 25.2. The first-order valence-corrected chi connectivity index (χ1v) is 13.0. The molecule has 1 N–H and O–H groups in total. The second-order valence-corrected chi connectivity index (χ2v) is 9.15. The molecule has 34 heavy (non-hydrogen) atoms. The Kier molecular flexibility index (Phi) is 16.0. The van der Waals surface area contributed by atoms with E-state index in [2.05, 4.69) is 24.0 Å². The van der Waals surface area contributed by atoms with Crippen molar-refractivity contribution in [2.75, 3.05) is 39.8 Å². The minimum Gasteiger partial charge on any atom is -0.496 e. The number of methoxy groups -OCH3 is 2. The molecule has 0 aliphatic carbocycles. The maximum Gasteiger partial charge on any atom is 0.222 e. The molecular formula is C26H38N2O4S2. The Morgan fingerprint density at radius 1 is 1.06 bits per heavy atom. The molecule has 1 saturated heterocycles. The second kappa shape index (κ2) is 18.2. The van der Waals surface area contributed by atoms with Gasteiger partial charge in [0.05, 0.1) is 14.2 Å². The van der Waals surface area contributed by atoms with E-state index >= 15 is 0 Å². The Balaban J connectivity index is 0.000000288. The Morgan fingerprint density at radius 2 is 1.65 bits per heavy atom. The molecule has 1 aliphatic rings. The second-order valence-electron chi connectivity index (χ2n) is 7.56. The quantitative estimate of drug-likeness (QED) is 0.476. The van der Waals surface area contributed by atoms with Gasteiger partial charge in [0.25, 0.3) is 0 Å². The molecule has 188 valence electrons. The lowest BCUT2D eigenvalue weighted by atomic mass is 10.2. The van der Waals surface area contributed by atoms with E-state index in [1.54, 1.807) is 19.1 Å². The summed E-state index contributed by atoms with van der Waals surface area (Å²) in [4.78, 5) is 23.7. The average molecular weight is 507 g/mol. The van der Waals surface area contributed by atoms with Crippen molar-refractivity contribution in [3.8, 4) is 11.5 Å². The molecule has 2 aromatic rings. The lowest BCUT2D eigenvalue weighted by Crippen LogP contribution is -2.26. The van der Waals surface area contributed by atoms with Crippen LogP contribution in [0.1, 0.15) is 36.8 Å². The number of thiol groups is 1. The van der Waals surface area contributed by atoms with Crippen molar-refractivity contribution in [1.82, 2.24) is 10.2 Å². The third kappa shape index (κ3) is 11.8. The Hall–Kier alpha value is -2.16. The third-order valence-corrected chi connectivity index (χ3v) is 6.26. The maximum atomic E-state index is 11.8. The van der Waals surface area contributed by atoms with Gasteiger partial charge in [0.2, 0.25) is 5.91 Å². The summed E-state index contributed by atoms with van der Waals surface area (Å²) in [7, 11) is 7.07. The topological polar surface area (TPSA) is 67.9 Å². The number of amides is 1. The first kappa shape index (κ1) is 29.9. The number of carbonyl (C=O) groups excluding carboxylic acids is 2. The molecule has 0 saturated carbocycles. The van der Waals surface area contributed by atoms with Gasteiger partial charge in [-0.15, -0.1) is 0 Å². The predicted molar refractivity (Wildman–Crippen MR) is 145 cm³/mol. The van der Waals surface area contributed by atoms with Gasteiger partial charge in [-0.2, -0.15) is 12.6 Å². The van der Waals surface area contributed by atoms with Crippen LogP contribution >= 0.6 is 24.4 Å². The Labute approximate surface area is 214 Å². The molecular weight excluding hydrogens is 468 g/mol. The molecule has 0 spiro atoms. The van der Waals surface area contributed by atoms with Crippen LogP contribution in [0.15, 0.2) is 48.5 Å². The number of thioether (sulfide) groups is 1. The Bertz CT molecular complexity index is 856. The van der Waals surface area contributed by atoms with Gasteiger partial charge < -0.3 is 19.7 Å². The minimum absolute atomic E-state index is 0.143. The lowest BCUT2D eigenvalue weighted by Gasteiger charge is -2.18. The summed E-state index contributed by atoms with van der Waals surface area (Å²) >= 11 is 5.56. The molecule has 0 aromatic heterocycles. The van der Waals surface area contributed by atoms with Crippen LogP contribution in [0.2, 0.25) is 0 Å². The standard InChI is InChI=1S/C13H19NO2S.C9H13NO.C4H6OS/c1-14(13(15)8-5-9-17)10-11-6-3-4-7-12(11)16-2;1-10-7-8-5-3-4-6-9(8)11-2;5-4-2-1-3-6-4/h3-4,6-7,17H,5,8-10H2,1-2H3;3-6,10H,7H2,1-2H3;1-3H2. The molecule has 0 atom stereocenters. The molecule has 6 nitrogen and oxygen atoms in total. The highest BCUT2D eigenvalue weighted by Crippen LogP contribution is 2.19. The van der Waals surface area contributed by atoms with Gasteiger partial charge in [0, 0.05) is 49.9 Å². The van der Waals surface area contributed by atoms with Gasteiger partial charge in [-0.25, -0.2) is 0 Å². The van der Waals surface area contributed by atoms with Crippen molar-refractivity contribution in [2.24, 2.45) is 0 Å². The Morgan fingerprint density at radius 3 is 2.12 bits per heavy atom. The third-order valence-electron chi connectivity index (χ3n) is 4.92. The average Bonchev–Trinajstić information content (AvgIpc) is 3.35. The summed E-state index contributed by atoms with van der Waals surface area (Å²) in [6.45, 7) is 1.43. The van der Waals surface area contributed by atoms with E-state index in [0.717, 1.165) is 54.4 Å². The van der Waals surface area contributed by atoms with Crippen molar-refractivity contribution >= 4 is 35.4 Å². The van der Waals surface area contributed by atoms with E-state index in [1.807, 2.05) is 56.6 Å². The molecule has 2 aromatic carbocycles. The number of ether oxygens (including phenoxy) is 2. The molecule has 0 bridgehead atoms. The fourth-order valence-corrected chi connectivity index (χ4v) is 4.08. The van der Waals surface area contributed by atoms with Gasteiger partial charge in [0.15, 0.2) is 5.12 Å². The number of hydrogen-bond acceptors (Lipinski definition) is 7. The van der Waals surface area contributed by atoms with Crippen LogP contribution < -0.4 is 14.8 Å². The fourth-order valence-electron chi connectivity index (χ4n) is 3.11. The van der Waals surface area contributed by atoms with Gasteiger partial charge in [-0.1, -0.05) is 48.2 Å². The smallest absolute Gasteiger partial charge is 0.222 e. The van der Waals surface area contributed by atoms with Crippen molar-refractivity contribution in [2.45, 2.75) is 38.8 Å². The highest BCUT2D eigenvalue weighted by molar-refractivity contribution is 8.14. The molecule has 0 radical (unpaired) electrons. The van der Waals surface area contributed by atoms with Crippen LogP contribution in [0.4, 0.5) is 0 Å². The molecule has 1 heterocycles. The summed E-state index contributed by atoms with van der Waals surface area (Å²) in [6, 6.07) is 15.7. The number of benzene rings is 2. The molecule has 1 amide bonds. The van der Waals surface area contributed by atoms with Crippen molar-refractivity contribution in [3.63, 3.8) is 0 Å². The van der Waals surface area contributed by atoms with Crippen LogP contribution in [0.3, 0.4) is 0 Å². The molecule has 3 rings (SSSR count). The zero-order valence-corrected chi connectivity index (χ0v) is 22.4. The van der Waals surface area contributed by atoms with Crippen molar-refractivity contribution in [1.29, 1.82) is 0 Å². The van der Waals surface area contributed by atoms with Crippen LogP contribution in [0, 0.1) is 0 Å².